The first kappa shape index (κ1) is 7.47. The molecule has 52 valence electrons. The zero-order valence-electron chi connectivity index (χ0n) is 5.43. The molecule has 0 radical (unpaired) electrons. The van der Waals surface area contributed by atoms with Crippen LogP contribution in [0.3, 0.4) is 0 Å². The van der Waals surface area contributed by atoms with E-state index in [9.17, 15) is 4.79 Å². The quantitative estimate of drug-likeness (QED) is 0.295. The van der Waals surface area contributed by atoms with Gasteiger partial charge in [0.25, 0.3) is 0 Å². The summed E-state index contributed by atoms with van der Waals surface area (Å²) < 4.78 is -0.183. The van der Waals surface area contributed by atoms with Gasteiger partial charge in [-0.15, -0.1) is 0 Å². The molecule has 0 aromatic rings. The van der Waals surface area contributed by atoms with Crippen molar-refractivity contribution in [3.63, 3.8) is 0 Å². The molecular formula is C6H10INO. The summed E-state index contributed by atoms with van der Waals surface area (Å²) in [5.41, 5.74) is 0. The highest BCUT2D eigenvalue weighted by molar-refractivity contribution is 14.1. The average Bonchev–Trinajstić information content (AvgIpc) is 2.15. The van der Waals surface area contributed by atoms with E-state index < -0.39 is 0 Å². The van der Waals surface area contributed by atoms with E-state index in [1.165, 1.54) is 0 Å². The van der Waals surface area contributed by atoms with Gasteiger partial charge >= 0.3 is 0 Å². The van der Waals surface area contributed by atoms with Crippen LogP contribution in [0.4, 0.5) is 0 Å². The molecule has 0 amide bonds. The number of carbonyl (C=O) groups excluding carboxylic acids is 1. The first-order valence-electron chi connectivity index (χ1n) is 3.05. The predicted octanol–water partition coefficient (Wildman–Crippen LogP) is 1.04. The Hall–Kier alpha value is 0.360. The highest BCUT2D eigenvalue weighted by atomic mass is 127. The molecule has 1 heterocycles. The summed E-state index contributed by atoms with van der Waals surface area (Å²) in [6, 6.07) is 0. The second kappa shape index (κ2) is 2.54. The van der Waals surface area contributed by atoms with Gasteiger partial charge in [0.2, 0.25) is 0 Å². The zero-order chi connectivity index (χ0) is 6.91. The number of carbonyl (C=O) groups is 1. The lowest BCUT2D eigenvalue weighted by Crippen LogP contribution is -2.36. The van der Waals surface area contributed by atoms with Crippen LogP contribution in [0.15, 0.2) is 0 Å². The fourth-order valence-corrected chi connectivity index (χ4v) is 1.71. The van der Waals surface area contributed by atoms with E-state index in [1.54, 1.807) is 0 Å². The Kier molecular flexibility index (Phi) is 2.10. The largest absolute Gasteiger partial charge is 0.300 e. The Morgan fingerprint density at radius 1 is 1.78 bits per heavy atom. The van der Waals surface area contributed by atoms with Gasteiger partial charge in [-0.1, -0.05) is 22.6 Å². The van der Waals surface area contributed by atoms with Gasteiger partial charge < -0.3 is 4.79 Å². The maximum atomic E-state index is 10.5. The molecule has 0 N–H and O–H groups in total. The maximum absolute atomic E-state index is 10.5. The summed E-state index contributed by atoms with van der Waals surface area (Å²) in [6.45, 7) is 1.06. The molecule has 0 aromatic heterocycles. The molecule has 1 rings (SSSR count). The Morgan fingerprint density at radius 3 is 2.67 bits per heavy atom. The molecule has 1 saturated heterocycles. The van der Waals surface area contributed by atoms with Crippen LogP contribution in [0.1, 0.15) is 12.8 Å². The summed E-state index contributed by atoms with van der Waals surface area (Å²) in [4.78, 5) is 12.6. The monoisotopic (exact) mass is 239 g/mol. The van der Waals surface area contributed by atoms with E-state index in [0.29, 0.717) is 0 Å². The van der Waals surface area contributed by atoms with Crippen molar-refractivity contribution in [3.8, 4) is 0 Å². The van der Waals surface area contributed by atoms with E-state index in [-0.39, 0.29) is 3.55 Å². The summed E-state index contributed by atoms with van der Waals surface area (Å²) in [5, 5.41) is 0. The average molecular weight is 239 g/mol. The Bertz CT molecular complexity index is 128. The number of hydrogen-bond acceptors (Lipinski definition) is 2. The van der Waals surface area contributed by atoms with Gasteiger partial charge in [-0.3, -0.25) is 4.90 Å². The number of nitrogens with zero attached hydrogens (tertiary/aromatic N) is 1. The van der Waals surface area contributed by atoms with Crippen LogP contribution in [0.25, 0.3) is 0 Å². The van der Waals surface area contributed by atoms with Gasteiger partial charge in [0.1, 0.15) is 9.83 Å². The number of aldehydes is 1. The third-order valence-corrected chi connectivity index (χ3v) is 3.45. The molecule has 0 saturated carbocycles. The van der Waals surface area contributed by atoms with Crippen LogP contribution in [0.2, 0.25) is 0 Å². The standard InChI is InChI=1S/C6H10INO/c1-8-4-2-3-6(8,7)5-9/h5H,2-4H2,1H3. The number of alkyl halides is 1. The maximum Gasteiger partial charge on any atom is 0.150 e. The number of halogens is 1. The number of hydrogen-bond donors (Lipinski definition) is 0. The number of likely N-dealkylation sites (N-methyl/N-ethyl adjacent to an activating group) is 1. The fourth-order valence-electron chi connectivity index (χ4n) is 1.09. The lowest BCUT2D eigenvalue weighted by Gasteiger charge is -2.22. The molecule has 1 unspecified atom stereocenters. The van der Waals surface area contributed by atoms with E-state index in [2.05, 4.69) is 27.5 Å². The minimum atomic E-state index is -0.183. The predicted molar refractivity (Wildman–Crippen MR) is 44.7 cm³/mol. The van der Waals surface area contributed by atoms with Gasteiger partial charge in [0.05, 0.1) is 0 Å². The van der Waals surface area contributed by atoms with Crippen LogP contribution >= 0.6 is 22.6 Å². The van der Waals surface area contributed by atoms with Crippen LogP contribution in [-0.4, -0.2) is 28.3 Å². The van der Waals surface area contributed by atoms with E-state index in [1.807, 2.05) is 7.05 Å². The molecule has 1 aliphatic heterocycles. The second-order valence-electron chi connectivity index (χ2n) is 2.46. The molecule has 1 aliphatic rings. The smallest absolute Gasteiger partial charge is 0.150 e. The number of rotatable bonds is 1. The van der Waals surface area contributed by atoms with E-state index >= 15 is 0 Å². The van der Waals surface area contributed by atoms with Crippen molar-refractivity contribution in [1.29, 1.82) is 0 Å². The van der Waals surface area contributed by atoms with Crippen molar-refractivity contribution in [1.82, 2.24) is 4.90 Å². The van der Waals surface area contributed by atoms with Crippen LogP contribution in [0, 0.1) is 0 Å². The van der Waals surface area contributed by atoms with E-state index in [0.717, 1.165) is 25.7 Å². The van der Waals surface area contributed by atoms with Gasteiger partial charge in [-0.05, 0) is 26.4 Å². The lowest BCUT2D eigenvalue weighted by atomic mass is 10.2. The van der Waals surface area contributed by atoms with E-state index in [4.69, 9.17) is 0 Å². The minimum absolute atomic E-state index is 0.183. The SMILES string of the molecule is CN1CCCC1(I)C=O. The van der Waals surface area contributed by atoms with Gasteiger partial charge in [0.15, 0.2) is 0 Å². The molecular weight excluding hydrogens is 229 g/mol. The van der Waals surface area contributed by atoms with Crippen molar-refractivity contribution in [2.75, 3.05) is 13.6 Å². The van der Waals surface area contributed by atoms with Crippen LogP contribution in [-0.2, 0) is 4.79 Å². The Balaban J connectivity index is 2.66. The van der Waals surface area contributed by atoms with Crippen LogP contribution in [0.5, 0.6) is 0 Å². The first-order chi connectivity index (χ1) is 4.19. The summed E-state index contributed by atoms with van der Waals surface area (Å²) in [5.74, 6) is 0. The molecule has 0 aromatic carbocycles. The van der Waals surface area contributed by atoms with Crippen molar-refractivity contribution in [3.05, 3.63) is 0 Å². The normalized spacial score (nSPS) is 37.1. The third-order valence-electron chi connectivity index (χ3n) is 1.84. The van der Waals surface area contributed by atoms with Crippen molar-refractivity contribution in [2.45, 2.75) is 16.4 Å². The summed E-state index contributed by atoms with van der Waals surface area (Å²) >= 11 is 2.21. The molecule has 1 atom stereocenters. The lowest BCUT2D eigenvalue weighted by molar-refractivity contribution is -0.111. The highest BCUT2D eigenvalue weighted by Crippen LogP contribution is 2.31. The zero-order valence-corrected chi connectivity index (χ0v) is 7.59. The second-order valence-corrected chi connectivity index (χ2v) is 4.33. The molecule has 1 fully saturated rings. The minimum Gasteiger partial charge on any atom is -0.300 e. The molecule has 2 nitrogen and oxygen atoms in total. The van der Waals surface area contributed by atoms with Crippen molar-refractivity contribution < 1.29 is 4.79 Å². The first-order valence-corrected chi connectivity index (χ1v) is 4.13. The van der Waals surface area contributed by atoms with Gasteiger partial charge in [0, 0.05) is 0 Å². The molecule has 0 aliphatic carbocycles. The highest BCUT2D eigenvalue weighted by Gasteiger charge is 2.35. The van der Waals surface area contributed by atoms with Gasteiger partial charge in [-0.2, -0.15) is 0 Å². The Morgan fingerprint density at radius 2 is 2.44 bits per heavy atom. The van der Waals surface area contributed by atoms with Crippen molar-refractivity contribution in [2.24, 2.45) is 0 Å². The number of likely N-dealkylation sites (tertiary alicyclic amines) is 1. The third kappa shape index (κ3) is 1.26. The Labute approximate surface area is 68.7 Å². The molecule has 9 heavy (non-hydrogen) atoms. The van der Waals surface area contributed by atoms with Crippen LogP contribution < -0.4 is 0 Å². The summed E-state index contributed by atoms with van der Waals surface area (Å²) in [6.07, 6.45) is 3.20. The van der Waals surface area contributed by atoms with Crippen molar-refractivity contribution >= 4 is 28.9 Å². The fraction of sp³-hybridized carbons (Fsp3) is 0.833. The van der Waals surface area contributed by atoms with Gasteiger partial charge in [-0.25, -0.2) is 0 Å². The molecule has 0 spiro atoms. The molecule has 0 bridgehead atoms. The topological polar surface area (TPSA) is 20.3 Å². The molecule has 3 heteroatoms. The summed E-state index contributed by atoms with van der Waals surface area (Å²) in [7, 11) is 1.99.